The minimum absolute atomic E-state index is 0.00316. The Labute approximate surface area is 333 Å². The molecule has 1 saturated heterocycles. The minimum atomic E-state index is -1.89. The normalized spacial score (nSPS) is 27.5. The first-order valence-corrected chi connectivity index (χ1v) is 20.2. The number of hydrogen-bond acceptors (Lipinski definition) is 15. The molecule has 16 heteroatoms. The zero-order valence-electron chi connectivity index (χ0n) is 32.8. The van der Waals surface area contributed by atoms with Crippen molar-refractivity contribution in [3.8, 4) is 46.3 Å². The summed E-state index contributed by atoms with van der Waals surface area (Å²) in [7, 11) is 4.86. The number of phenols is 2. The summed E-state index contributed by atoms with van der Waals surface area (Å²) in [6, 6.07) is 4.34. The monoisotopic (exact) mass is 802 g/mol. The van der Waals surface area contributed by atoms with Crippen molar-refractivity contribution in [2.75, 3.05) is 47.0 Å². The van der Waals surface area contributed by atoms with Gasteiger partial charge < -0.3 is 48.5 Å². The van der Waals surface area contributed by atoms with Crippen LogP contribution < -0.4 is 29.0 Å². The molecule has 0 spiro atoms. The van der Waals surface area contributed by atoms with Gasteiger partial charge in [0.25, 0.3) is 6.47 Å². The van der Waals surface area contributed by atoms with Gasteiger partial charge >= 0.3 is 5.97 Å². The summed E-state index contributed by atoms with van der Waals surface area (Å²) in [5, 5.41) is 36.5. The maximum atomic E-state index is 16.0. The average Bonchev–Trinajstić information content (AvgIpc) is 3.66. The van der Waals surface area contributed by atoms with Crippen molar-refractivity contribution >= 4 is 23.6 Å². The number of phenolic OH excluding ortho intramolecular Hbond substituents is 2. The standard InChI is InChI=1S/C41H46N4O11S/c1-19-10-23-11-25-26(14-42)45-27(15-53-17-46)31-32(37(56-21(3)47)20(2)38-39(31)55-18-54-38)40(34(45)33(44(25)5)30(23)35(49)36(19)52-7)57(50)16-41(4)24-13-29(51-6)28(48)12-22(24)8-9-43-41/h10,12-13,17,25-27,33-34,40,43,48-49H,8-9,11,15-16,18H2,1-7H3/t25-,26+,27+,33-,34?,40-,41-,57?/m1/s1. The van der Waals surface area contributed by atoms with Crippen LogP contribution in [0.3, 0.4) is 0 Å². The predicted molar refractivity (Wildman–Crippen MR) is 205 cm³/mol. The average molecular weight is 803 g/mol. The fourth-order valence-electron chi connectivity index (χ4n) is 10.2. The van der Waals surface area contributed by atoms with Crippen molar-refractivity contribution < 1.29 is 52.8 Å². The number of carbonyl (C=O) groups excluding carboxylic acids is 2. The number of likely N-dealkylation sites (N-methyl/N-ethyl adjacent to an activating group) is 1. The number of fused-ring (bicyclic) bond motifs is 10. The number of esters is 1. The summed E-state index contributed by atoms with van der Waals surface area (Å²) in [4.78, 5) is 29.0. The molecule has 0 amide bonds. The Hall–Kier alpha value is -4.92. The zero-order chi connectivity index (χ0) is 40.7. The molecule has 15 nitrogen and oxygen atoms in total. The smallest absolute Gasteiger partial charge is 0.308 e. The first-order valence-electron chi connectivity index (χ1n) is 18.8. The number of nitrogens with one attached hydrogen (secondary N) is 1. The highest BCUT2D eigenvalue weighted by atomic mass is 32.2. The number of carbonyl (C=O) groups is 2. The van der Waals surface area contributed by atoms with E-state index in [0.29, 0.717) is 65.4 Å². The fourth-order valence-corrected chi connectivity index (χ4v) is 12.3. The van der Waals surface area contributed by atoms with Gasteiger partial charge in [0, 0.05) is 36.2 Å². The highest BCUT2D eigenvalue weighted by Crippen LogP contribution is 2.63. The number of hydrogen-bond donors (Lipinski definition) is 3. The molecule has 3 aromatic rings. The van der Waals surface area contributed by atoms with Gasteiger partial charge in [-0.3, -0.25) is 19.4 Å². The molecule has 0 radical (unpaired) electrons. The van der Waals surface area contributed by atoms with Gasteiger partial charge in [0.05, 0.1) is 49.5 Å². The van der Waals surface area contributed by atoms with E-state index in [1.54, 1.807) is 19.1 Å². The Morgan fingerprint density at radius 1 is 1.12 bits per heavy atom. The maximum Gasteiger partial charge on any atom is 0.308 e. The van der Waals surface area contributed by atoms with E-state index in [1.807, 2.05) is 31.9 Å². The van der Waals surface area contributed by atoms with Crippen LogP contribution in [-0.4, -0.2) is 102 Å². The lowest BCUT2D eigenvalue weighted by Gasteiger charge is -2.61. The number of piperazine rings is 1. The van der Waals surface area contributed by atoms with E-state index < -0.39 is 58.1 Å². The van der Waals surface area contributed by atoms with Crippen LogP contribution in [0.2, 0.25) is 0 Å². The quantitative estimate of drug-likeness (QED) is 0.123. The topological polar surface area (TPSA) is 195 Å². The maximum absolute atomic E-state index is 16.0. The van der Waals surface area contributed by atoms with E-state index in [0.717, 1.165) is 22.3 Å². The number of aromatic hydroxyl groups is 2. The molecule has 2 unspecified atom stereocenters. The first-order chi connectivity index (χ1) is 27.3. The Morgan fingerprint density at radius 3 is 2.56 bits per heavy atom. The van der Waals surface area contributed by atoms with E-state index in [9.17, 15) is 25.1 Å². The molecule has 3 N–H and O–H groups in total. The summed E-state index contributed by atoms with van der Waals surface area (Å²) in [6.07, 6.45) is 1.02. The number of methoxy groups -OCH3 is 2. The Morgan fingerprint density at radius 2 is 1.88 bits per heavy atom. The second-order valence-electron chi connectivity index (χ2n) is 15.6. The van der Waals surface area contributed by atoms with Crippen LogP contribution in [0.15, 0.2) is 18.2 Å². The molecular weight excluding hydrogens is 757 g/mol. The van der Waals surface area contributed by atoms with Gasteiger partial charge in [-0.25, -0.2) is 0 Å². The number of rotatable bonds is 9. The summed E-state index contributed by atoms with van der Waals surface area (Å²) in [6.45, 7) is 7.33. The van der Waals surface area contributed by atoms with Crippen LogP contribution >= 0.6 is 0 Å². The SMILES string of the molecule is COc1cc2c(cc1O)CCN[C@]2(C)C[S+]([O-])[C@@H]1c2c(OC(C)=O)c(C)c3c(c2[C@H](COC=O)N2C1[C@H]1c4c(cc(C)c(OC)c4O)C[C@H]([C@@H]2C#N)N1C)OCO3. The molecule has 2 bridgehead atoms. The van der Waals surface area contributed by atoms with Crippen molar-refractivity contribution in [1.29, 1.82) is 5.26 Å². The Bertz CT molecular complexity index is 2210. The summed E-state index contributed by atoms with van der Waals surface area (Å²) >= 11 is -1.89. The van der Waals surface area contributed by atoms with Gasteiger partial charge in [-0.1, -0.05) is 6.07 Å². The van der Waals surface area contributed by atoms with Crippen LogP contribution in [0.5, 0.6) is 40.2 Å². The van der Waals surface area contributed by atoms with Crippen molar-refractivity contribution in [1.82, 2.24) is 15.1 Å². The van der Waals surface area contributed by atoms with E-state index >= 15 is 4.55 Å². The lowest BCUT2D eigenvalue weighted by Crippen LogP contribution is -2.70. The first kappa shape index (κ1) is 38.9. The minimum Gasteiger partial charge on any atom is -0.616 e. The molecule has 3 aromatic carbocycles. The van der Waals surface area contributed by atoms with Crippen LogP contribution in [0.1, 0.15) is 75.7 Å². The van der Waals surface area contributed by atoms with Crippen LogP contribution in [0.4, 0.5) is 0 Å². The predicted octanol–water partition coefficient (Wildman–Crippen LogP) is 3.64. The molecule has 5 heterocycles. The van der Waals surface area contributed by atoms with Crippen molar-refractivity contribution in [2.45, 2.75) is 81.5 Å². The lowest BCUT2D eigenvalue weighted by molar-refractivity contribution is -0.134. The third-order valence-corrected chi connectivity index (χ3v) is 14.4. The Balaban J connectivity index is 1.43. The summed E-state index contributed by atoms with van der Waals surface area (Å²) < 4.78 is 51.0. The van der Waals surface area contributed by atoms with Crippen LogP contribution in [-0.2, 0) is 43.9 Å². The molecule has 8 atom stereocenters. The van der Waals surface area contributed by atoms with E-state index in [1.165, 1.54) is 21.1 Å². The number of ether oxygens (including phenoxy) is 6. The molecule has 0 aromatic heterocycles. The van der Waals surface area contributed by atoms with E-state index in [2.05, 4.69) is 16.3 Å². The van der Waals surface area contributed by atoms with E-state index in [-0.39, 0.29) is 42.2 Å². The second-order valence-corrected chi connectivity index (χ2v) is 17.1. The molecule has 1 fully saturated rings. The van der Waals surface area contributed by atoms with Crippen LogP contribution in [0.25, 0.3) is 0 Å². The molecule has 8 rings (SSSR count). The summed E-state index contributed by atoms with van der Waals surface area (Å²) in [5.74, 6) is 0.729. The fraction of sp³-hybridized carbons (Fsp3) is 0.488. The molecular formula is C41H46N4O11S. The second kappa shape index (κ2) is 14.5. The molecule has 302 valence electrons. The Kier molecular flexibility index (Phi) is 9.89. The van der Waals surface area contributed by atoms with Gasteiger partial charge in [0.15, 0.2) is 39.7 Å². The third kappa shape index (κ3) is 5.85. The molecule has 5 aliphatic rings. The van der Waals surface area contributed by atoms with Crippen molar-refractivity contribution in [2.24, 2.45) is 0 Å². The number of nitrogens with zero attached hydrogens (tertiary/aromatic N) is 3. The largest absolute Gasteiger partial charge is 0.616 e. The molecule has 5 aliphatic heterocycles. The van der Waals surface area contributed by atoms with E-state index in [4.69, 9.17) is 28.4 Å². The summed E-state index contributed by atoms with van der Waals surface area (Å²) in [5.41, 5.74) is 4.21. The number of benzene rings is 3. The highest BCUT2D eigenvalue weighted by molar-refractivity contribution is 7.91. The van der Waals surface area contributed by atoms with Crippen molar-refractivity contribution in [3.05, 3.63) is 62.7 Å². The molecule has 57 heavy (non-hydrogen) atoms. The van der Waals surface area contributed by atoms with Gasteiger partial charge in [-0.15, -0.1) is 0 Å². The molecule has 0 saturated carbocycles. The van der Waals surface area contributed by atoms with Gasteiger partial charge in [-0.05, 0) is 86.2 Å². The lowest BCUT2D eigenvalue weighted by atomic mass is 9.71. The van der Waals surface area contributed by atoms with Gasteiger partial charge in [0.1, 0.15) is 24.2 Å². The van der Waals surface area contributed by atoms with Crippen LogP contribution in [0, 0.1) is 25.2 Å². The highest BCUT2D eigenvalue weighted by Gasteiger charge is 2.63. The number of nitriles is 1. The molecule has 0 aliphatic carbocycles. The van der Waals surface area contributed by atoms with Gasteiger partial charge in [0.2, 0.25) is 6.79 Å². The van der Waals surface area contributed by atoms with Gasteiger partial charge in [-0.2, -0.15) is 5.26 Å². The third-order valence-electron chi connectivity index (χ3n) is 12.5. The zero-order valence-corrected chi connectivity index (χ0v) is 33.7. The van der Waals surface area contributed by atoms with Crippen molar-refractivity contribution in [3.63, 3.8) is 0 Å². The number of aryl methyl sites for hydroxylation is 1.